The number of hydrogen-bond donors (Lipinski definition) is 0. The number of ether oxygens (including phenoxy) is 3. The van der Waals surface area contributed by atoms with Crippen molar-refractivity contribution in [1.29, 1.82) is 5.26 Å². The highest BCUT2D eigenvalue weighted by Gasteiger charge is 2.08. The number of esters is 1. The second kappa shape index (κ2) is 8.38. The van der Waals surface area contributed by atoms with Crippen molar-refractivity contribution in [2.75, 3.05) is 20.3 Å². The summed E-state index contributed by atoms with van der Waals surface area (Å²) >= 11 is 0. The van der Waals surface area contributed by atoms with Crippen molar-refractivity contribution >= 4 is 12.0 Å². The van der Waals surface area contributed by atoms with Gasteiger partial charge in [0.05, 0.1) is 13.4 Å². The van der Waals surface area contributed by atoms with Crippen LogP contribution in [0.1, 0.15) is 5.56 Å². The van der Waals surface area contributed by atoms with Crippen LogP contribution < -0.4 is 4.74 Å². The molecule has 0 fully saturated rings. The van der Waals surface area contributed by atoms with Crippen LogP contribution in [0.3, 0.4) is 0 Å². The molecule has 104 valence electrons. The Kier molecular flexibility index (Phi) is 6.42. The van der Waals surface area contributed by atoms with Crippen LogP contribution in [0.2, 0.25) is 0 Å². The number of rotatable bonds is 7. The van der Waals surface area contributed by atoms with E-state index >= 15 is 0 Å². The Morgan fingerprint density at radius 3 is 2.90 bits per heavy atom. The van der Waals surface area contributed by atoms with Gasteiger partial charge in [0.1, 0.15) is 30.6 Å². The van der Waals surface area contributed by atoms with Crippen molar-refractivity contribution in [2.24, 2.45) is 0 Å². The van der Waals surface area contributed by atoms with Crippen LogP contribution in [0, 0.1) is 11.3 Å². The Hall–Kier alpha value is -2.74. The van der Waals surface area contributed by atoms with E-state index in [0.29, 0.717) is 24.5 Å². The highest BCUT2D eigenvalue weighted by Crippen LogP contribution is 2.16. The second-order valence-electron chi connectivity index (χ2n) is 3.62. The molecule has 0 amide bonds. The second-order valence-corrected chi connectivity index (χ2v) is 3.62. The van der Waals surface area contributed by atoms with Gasteiger partial charge in [-0.2, -0.15) is 5.26 Å². The number of methoxy groups -OCH3 is 1. The molecule has 5 heteroatoms. The zero-order chi connectivity index (χ0) is 14.8. The number of benzene rings is 1. The lowest BCUT2D eigenvalue weighted by molar-refractivity contribution is -0.135. The van der Waals surface area contributed by atoms with E-state index in [1.165, 1.54) is 19.4 Å². The van der Waals surface area contributed by atoms with Gasteiger partial charge in [-0.05, 0) is 23.8 Å². The molecule has 5 nitrogen and oxygen atoms in total. The van der Waals surface area contributed by atoms with Gasteiger partial charge in [0.2, 0.25) is 0 Å². The van der Waals surface area contributed by atoms with Crippen molar-refractivity contribution in [3.63, 3.8) is 0 Å². The van der Waals surface area contributed by atoms with Crippen LogP contribution in [0.5, 0.6) is 5.75 Å². The fraction of sp³-hybridized carbons (Fsp3) is 0.200. The molecule has 0 saturated carbocycles. The lowest BCUT2D eigenvalue weighted by Crippen LogP contribution is -2.04. The molecule has 1 aromatic carbocycles. The Balaban J connectivity index is 2.77. The van der Waals surface area contributed by atoms with Gasteiger partial charge in [-0.3, -0.25) is 0 Å². The highest BCUT2D eigenvalue weighted by molar-refractivity contribution is 5.97. The number of carbonyl (C=O) groups is 1. The van der Waals surface area contributed by atoms with E-state index < -0.39 is 5.97 Å². The SMILES string of the molecule is C=COCCOc1cccc(/C=C(\C#N)C(=O)OC)c1. The number of nitrogens with zero attached hydrogens (tertiary/aromatic N) is 1. The van der Waals surface area contributed by atoms with Gasteiger partial charge in [-0.1, -0.05) is 18.7 Å². The lowest BCUT2D eigenvalue weighted by Gasteiger charge is -2.06. The molecule has 0 saturated heterocycles. The standard InChI is InChI=1S/C15H15NO4/c1-3-19-7-8-20-14-6-4-5-12(10-14)9-13(11-16)15(17)18-2/h3-6,9-10H,1,7-8H2,2H3/b13-9+. The topological polar surface area (TPSA) is 68.5 Å². The number of carbonyl (C=O) groups excluding carboxylic acids is 1. The first-order valence-electron chi connectivity index (χ1n) is 5.86. The van der Waals surface area contributed by atoms with Gasteiger partial charge in [0.15, 0.2) is 0 Å². The first-order valence-corrected chi connectivity index (χ1v) is 5.86. The van der Waals surface area contributed by atoms with Crippen LogP contribution in [0.4, 0.5) is 0 Å². The fourth-order valence-corrected chi connectivity index (χ4v) is 1.40. The van der Waals surface area contributed by atoms with Crippen LogP contribution >= 0.6 is 0 Å². The van der Waals surface area contributed by atoms with Crippen LogP contribution in [0.25, 0.3) is 6.08 Å². The maximum Gasteiger partial charge on any atom is 0.348 e. The minimum absolute atomic E-state index is 0.0698. The van der Waals surface area contributed by atoms with E-state index in [2.05, 4.69) is 11.3 Å². The third kappa shape index (κ3) is 4.86. The van der Waals surface area contributed by atoms with Crippen LogP contribution in [-0.4, -0.2) is 26.3 Å². The molecule has 0 aliphatic carbocycles. The third-order valence-corrected chi connectivity index (χ3v) is 2.28. The lowest BCUT2D eigenvalue weighted by atomic mass is 10.1. The molecule has 0 aliphatic rings. The van der Waals surface area contributed by atoms with E-state index in [-0.39, 0.29) is 5.57 Å². The van der Waals surface area contributed by atoms with Gasteiger partial charge < -0.3 is 14.2 Å². The molecular weight excluding hydrogens is 258 g/mol. The Morgan fingerprint density at radius 2 is 2.25 bits per heavy atom. The quantitative estimate of drug-likeness (QED) is 0.251. The summed E-state index contributed by atoms with van der Waals surface area (Å²) in [5, 5.41) is 8.88. The summed E-state index contributed by atoms with van der Waals surface area (Å²) in [5.74, 6) is -0.0493. The third-order valence-electron chi connectivity index (χ3n) is 2.28. The van der Waals surface area contributed by atoms with E-state index in [1.807, 2.05) is 0 Å². The van der Waals surface area contributed by atoms with E-state index in [4.69, 9.17) is 14.7 Å². The first kappa shape index (κ1) is 15.3. The van der Waals surface area contributed by atoms with Gasteiger partial charge in [-0.15, -0.1) is 0 Å². The summed E-state index contributed by atoms with van der Waals surface area (Å²) in [6, 6.07) is 8.81. The molecule has 0 heterocycles. The molecule has 0 N–H and O–H groups in total. The van der Waals surface area contributed by atoms with E-state index in [0.717, 1.165) is 0 Å². The van der Waals surface area contributed by atoms with Crippen molar-refractivity contribution in [3.8, 4) is 11.8 Å². The van der Waals surface area contributed by atoms with Crippen molar-refractivity contribution < 1.29 is 19.0 Å². The molecule has 0 unspecified atom stereocenters. The van der Waals surface area contributed by atoms with Crippen LogP contribution in [0.15, 0.2) is 42.7 Å². The average Bonchev–Trinajstić information content (AvgIpc) is 2.49. The van der Waals surface area contributed by atoms with Crippen molar-refractivity contribution in [3.05, 3.63) is 48.2 Å². The van der Waals surface area contributed by atoms with E-state index in [9.17, 15) is 4.79 Å². The summed E-state index contributed by atoms with van der Waals surface area (Å²) < 4.78 is 14.9. The smallest absolute Gasteiger partial charge is 0.348 e. The zero-order valence-corrected chi connectivity index (χ0v) is 11.2. The number of hydrogen-bond acceptors (Lipinski definition) is 5. The Labute approximate surface area is 117 Å². The molecular formula is C15H15NO4. The largest absolute Gasteiger partial charge is 0.498 e. The Morgan fingerprint density at radius 1 is 1.45 bits per heavy atom. The average molecular weight is 273 g/mol. The predicted octanol–water partition coefficient (Wildman–Crippen LogP) is 2.31. The van der Waals surface area contributed by atoms with Crippen molar-refractivity contribution in [1.82, 2.24) is 0 Å². The zero-order valence-electron chi connectivity index (χ0n) is 11.2. The van der Waals surface area contributed by atoms with Gasteiger partial charge in [0, 0.05) is 0 Å². The van der Waals surface area contributed by atoms with Crippen molar-refractivity contribution in [2.45, 2.75) is 0 Å². The summed E-state index contributed by atoms with van der Waals surface area (Å²) in [5.41, 5.74) is 0.605. The number of nitriles is 1. The molecule has 0 spiro atoms. The highest BCUT2D eigenvalue weighted by atomic mass is 16.5. The van der Waals surface area contributed by atoms with Gasteiger partial charge in [-0.25, -0.2) is 4.79 Å². The van der Waals surface area contributed by atoms with Crippen LogP contribution in [-0.2, 0) is 14.3 Å². The summed E-state index contributed by atoms with van der Waals surface area (Å²) in [4.78, 5) is 11.3. The van der Waals surface area contributed by atoms with Gasteiger partial charge in [0.25, 0.3) is 0 Å². The molecule has 1 rings (SSSR count). The summed E-state index contributed by atoms with van der Waals surface area (Å²) in [6.07, 6.45) is 2.79. The molecule has 0 aromatic heterocycles. The Bertz CT molecular complexity index is 543. The monoisotopic (exact) mass is 273 g/mol. The maximum atomic E-state index is 11.3. The molecule has 0 radical (unpaired) electrons. The minimum Gasteiger partial charge on any atom is -0.498 e. The predicted molar refractivity (Wildman–Crippen MR) is 73.7 cm³/mol. The van der Waals surface area contributed by atoms with E-state index in [1.54, 1.807) is 30.3 Å². The molecule has 20 heavy (non-hydrogen) atoms. The molecule has 0 bridgehead atoms. The normalized spacial score (nSPS) is 10.3. The summed E-state index contributed by atoms with van der Waals surface area (Å²) in [6.45, 7) is 4.20. The summed E-state index contributed by atoms with van der Waals surface area (Å²) in [7, 11) is 1.23. The molecule has 0 aliphatic heterocycles. The van der Waals surface area contributed by atoms with Gasteiger partial charge >= 0.3 is 5.97 Å². The minimum atomic E-state index is -0.668. The maximum absolute atomic E-state index is 11.3. The molecule has 1 aromatic rings. The molecule has 0 atom stereocenters. The first-order chi connectivity index (χ1) is 9.71. The fourth-order valence-electron chi connectivity index (χ4n) is 1.40.